The third-order valence-corrected chi connectivity index (χ3v) is 6.01. The zero-order valence-corrected chi connectivity index (χ0v) is 22.1. The summed E-state index contributed by atoms with van der Waals surface area (Å²) in [5.41, 5.74) is 3.19. The van der Waals surface area contributed by atoms with Crippen LogP contribution in [0.15, 0.2) is 49.9 Å². The number of hydrogen-bond acceptors (Lipinski definition) is 9. The second-order valence-corrected chi connectivity index (χ2v) is 9.04. The van der Waals surface area contributed by atoms with Crippen molar-refractivity contribution in [2.75, 3.05) is 6.54 Å². The predicted octanol–water partition coefficient (Wildman–Crippen LogP) is 4.16. The van der Waals surface area contributed by atoms with Crippen LogP contribution in [-0.4, -0.2) is 38.6 Å². The minimum Gasteiger partial charge on any atom is -0.530 e. The van der Waals surface area contributed by atoms with Crippen LogP contribution in [0.4, 0.5) is 26.7 Å². The van der Waals surface area contributed by atoms with Gasteiger partial charge in [-0.15, -0.1) is 10.2 Å². The molecular weight excluding hydrogens is 629 g/mol. The Morgan fingerprint density at radius 3 is 2.37 bits per heavy atom. The van der Waals surface area contributed by atoms with E-state index >= 15 is 0 Å². The van der Waals surface area contributed by atoms with Crippen molar-refractivity contribution in [3.63, 3.8) is 0 Å². The molecule has 2 aromatic carbocycles. The number of oxazole rings is 1. The van der Waals surface area contributed by atoms with E-state index in [-0.39, 0.29) is 33.6 Å². The van der Waals surface area contributed by atoms with Crippen molar-refractivity contribution < 1.29 is 50.2 Å². The minimum absolute atomic E-state index is 0.00717. The standard InChI is InChI=1S/C24H17BrF5N5O6/c1-10-33-34-16(39-10)9-35(23(37)38)8-15(40-14-7-6-13(26)17(18(14)27)21(31)36)22-32-19(20(25)41-22)11-2-4-12(5-3-11)24(28,29)30/h2-7,15H,8-9H2,1H3,(H2,31,36)(H,37,38)/p-1. The van der Waals surface area contributed by atoms with E-state index in [1.54, 1.807) is 0 Å². The van der Waals surface area contributed by atoms with E-state index in [9.17, 15) is 36.6 Å². The Hall–Kier alpha value is -4.54. The molecular formula is C24H16BrF5N5O6-. The highest BCUT2D eigenvalue weighted by Gasteiger charge is 2.32. The van der Waals surface area contributed by atoms with Crippen molar-refractivity contribution in [1.82, 2.24) is 20.1 Å². The Morgan fingerprint density at radius 1 is 1.12 bits per heavy atom. The molecule has 2 N–H and O–H groups in total. The van der Waals surface area contributed by atoms with Gasteiger partial charge in [-0.1, -0.05) is 12.1 Å². The summed E-state index contributed by atoms with van der Waals surface area (Å²) in [7, 11) is 0. The molecule has 1 atom stereocenters. The molecule has 0 fully saturated rings. The van der Waals surface area contributed by atoms with Gasteiger partial charge < -0.3 is 34.1 Å². The summed E-state index contributed by atoms with van der Waals surface area (Å²) >= 11 is 3.10. The van der Waals surface area contributed by atoms with Crippen molar-refractivity contribution in [3.05, 3.63) is 81.5 Å². The fourth-order valence-corrected chi connectivity index (χ4v) is 4.07. The Kier molecular flexibility index (Phi) is 8.27. The fraction of sp³-hybridized carbons (Fsp3) is 0.208. The molecule has 11 nitrogen and oxygen atoms in total. The molecule has 0 radical (unpaired) electrons. The van der Waals surface area contributed by atoms with E-state index in [1.165, 1.54) is 6.92 Å². The zero-order valence-electron chi connectivity index (χ0n) is 20.5. The molecule has 17 heteroatoms. The largest absolute Gasteiger partial charge is 0.530 e. The lowest BCUT2D eigenvalue weighted by atomic mass is 10.1. The number of halogens is 6. The number of alkyl halides is 3. The highest BCUT2D eigenvalue weighted by atomic mass is 79.9. The normalized spacial score (nSPS) is 12.3. The SMILES string of the molecule is Cc1nnc(CN(CC(Oc2ccc(F)c(C(N)=O)c2F)c2nc(-c3ccc(C(F)(F)F)cc3)c(Br)o2)C(=O)[O-])o1. The van der Waals surface area contributed by atoms with Crippen molar-refractivity contribution in [2.45, 2.75) is 25.7 Å². The van der Waals surface area contributed by atoms with Crippen LogP contribution in [-0.2, 0) is 12.7 Å². The summed E-state index contributed by atoms with van der Waals surface area (Å²) in [6, 6.07) is 5.39. The number of nitrogens with two attached hydrogens (primary N) is 1. The minimum atomic E-state index is -4.59. The quantitative estimate of drug-likeness (QED) is 0.264. The predicted molar refractivity (Wildman–Crippen MR) is 128 cm³/mol. The lowest BCUT2D eigenvalue weighted by molar-refractivity contribution is -0.267. The third-order valence-electron chi connectivity index (χ3n) is 5.47. The van der Waals surface area contributed by atoms with E-state index < -0.39 is 65.9 Å². The molecule has 0 aliphatic carbocycles. The molecule has 4 aromatic rings. The number of aromatic nitrogens is 3. The van der Waals surface area contributed by atoms with Gasteiger partial charge in [0.2, 0.25) is 17.7 Å². The number of benzene rings is 2. The number of primary amides is 1. The number of aryl methyl sites for hydroxylation is 1. The fourth-order valence-electron chi connectivity index (χ4n) is 3.59. The van der Waals surface area contributed by atoms with Crippen LogP contribution in [0.25, 0.3) is 11.3 Å². The van der Waals surface area contributed by atoms with Crippen molar-refractivity contribution in [3.8, 4) is 17.0 Å². The maximum Gasteiger partial charge on any atom is 0.416 e. The van der Waals surface area contributed by atoms with Gasteiger partial charge in [0.1, 0.15) is 23.2 Å². The van der Waals surface area contributed by atoms with Crippen LogP contribution >= 0.6 is 15.9 Å². The number of carboxylic acid groups (broad SMARTS) is 1. The molecule has 1 unspecified atom stereocenters. The number of nitrogens with zero attached hydrogens (tertiary/aromatic N) is 4. The highest BCUT2D eigenvalue weighted by Crippen LogP contribution is 2.36. The number of ether oxygens (including phenoxy) is 1. The van der Waals surface area contributed by atoms with Gasteiger partial charge in [-0.25, -0.2) is 13.8 Å². The molecule has 0 saturated heterocycles. The molecule has 0 bridgehead atoms. The van der Waals surface area contributed by atoms with Crippen LogP contribution in [0.3, 0.4) is 0 Å². The van der Waals surface area contributed by atoms with Crippen LogP contribution in [0.1, 0.15) is 39.7 Å². The first-order valence-corrected chi connectivity index (χ1v) is 12.1. The van der Waals surface area contributed by atoms with Crippen molar-refractivity contribution in [2.24, 2.45) is 5.73 Å². The molecule has 4 rings (SSSR count). The topological polar surface area (TPSA) is 161 Å². The summed E-state index contributed by atoms with van der Waals surface area (Å²) in [6.45, 7) is 0.285. The lowest BCUT2D eigenvalue weighted by Gasteiger charge is -2.27. The number of amides is 2. The first-order valence-electron chi connectivity index (χ1n) is 11.3. The van der Waals surface area contributed by atoms with Crippen LogP contribution in [0, 0.1) is 18.6 Å². The van der Waals surface area contributed by atoms with Gasteiger partial charge in [-0.3, -0.25) is 4.79 Å². The van der Waals surface area contributed by atoms with Gasteiger partial charge in [0.15, 0.2) is 22.3 Å². The Bertz CT molecular complexity index is 1590. The van der Waals surface area contributed by atoms with Crippen LogP contribution in [0.5, 0.6) is 5.75 Å². The molecule has 0 aliphatic heterocycles. The van der Waals surface area contributed by atoms with Gasteiger partial charge in [0.05, 0.1) is 18.7 Å². The maximum absolute atomic E-state index is 15.0. The Labute approximate surface area is 234 Å². The summed E-state index contributed by atoms with van der Waals surface area (Å²) < 4.78 is 84.2. The summed E-state index contributed by atoms with van der Waals surface area (Å²) in [6.07, 6.45) is -7.93. The second kappa shape index (κ2) is 11.5. The van der Waals surface area contributed by atoms with Crippen molar-refractivity contribution in [1.29, 1.82) is 0 Å². The third kappa shape index (κ3) is 6.62. The van der Waals surface area contributed by atoms with Gasteiger partial charge in [0.25, 0.3) is 5.91 Å². The number of rotatable bonds is 9. The monoisotopic (exact) mass is 644 g/mol. The molecule has 41 heavy (non-hydrogen) atoms. The van der Waals surface area contributed by atoms with E-state index in [4.69, 9.17) is 19.3 Å². The lowest BCUT2D eigenvalue weighted by Crippen LogP contribution is -2.43. The number of carbonyl (C=O) groups excluding carboxylic acids is 2. The average Bonchev–Trinajstić information content (AvgIpc) is 3.48. The van der Waals surface area contributed by atoms with Crippen LogP contribution in [0.2, 0.25) is 0 Å². The maximum atomic E-state index is 15.0. The summed E-state index contributed by atoms with van der Waals surface area (Å²) in [5.74, 6) is -5.29. The number of carbonyl (C=O) groups is 2. The van der Waals surface area contributed by atoms with Crippen LogP contribution < -0.4 is 15.6 Å². The highest BCUT2D eigenvalue weighted by molar-refractivity contribution is 9.10. The Balaban J connectivity index is 1.74. The van der Waals surface area contributed by atoms with Gasteiger partial charge in [-0.05, 0) is 40.2 Å². The van der Waals surface area contributed by atoms with E-state index in [2.05, 4.69) is 31.1 Å². The molecule has 2 heterocycles. The van der Waals surface area contributed by atoms with Gasteiger partial charge in [-0.2, -0.15) is 13.2 Å². The molecule has 0 aliphatic rings. The molecule has 2 aromatic heterocycles. The summed E-state index contributed by atoms with van der Waals surface area (Å²) in [5, 5.41) is 19.2. The molecule has 0 spiro atoms. The van der Waals surface area contributed by atoms with E-state index in [1.807, 2.05) is 0 Å². The van der Waals surface area contributed by atoms with E-state index in [0.717, 1.165) is 30.3 Å². The second-order valence-electron chi connectivity index (χ2n) is 8.32. The Morgan fingerprint density at radius 2 is 1.80 bits per heavy atom. The van der Waals surface area contributed by atoms with Gasteiger partial charge in [0, 0.05) is 12.5 Å². The number of hydrogen-bond donors (Lipinski definition) is 1. The van der Waals surface area contributed by atoms with Crippen molar-refractivity contribution >= 4 is 27.9 Å². The molecule has 216 valence electrons. The first kappa shape index (κ1) is 29.4. The molecule has 0 saturated carbocycles. The first-order chi connectivity index (χ1) is 19.2. The van der Waals surface area contributed by atoms with E-state index in [0.29, 0.717) is 11.0 Å². The van der Waals surface area contributed by atoms with Gasteiger partial charge >= 0.3 is 6.18 Å². The zero-order chi connectivity index (χ0) is 30.1. The average molecular weight is 645 g/mol. The summed E-state index contributed by atoms with van der Waals surface area (Å²) in [4.78, 5) is 28.3. The smallest absolute Gasteiger partial charge is 0.416 e. The molecule has 2 amide bonds.